The highest BCUT2D eigenvalue weighted by Crippen LogP contribution is 2.43. The van der Waals surface area contributed by atoms with E-state index in [9.17, 15) is 23.3 Å². The van der Waals surface area contributed by atoms with Gasteiger partial charge in [0.15, 0.2) is 11.4 Å². The number of H-pyrrole nitrogens is 1. The van der Waals surface area contributed by atoms with Gasteiger partial charge < -0.3 is 19.1 Å². The number of benzene rings is 3. The van der Waals surface area contributed by atoms with Gasteiger partial charge in [0.05, 0.1) is 52.4 Å². The summed E-state index contributed by atoms with van der Waals surface area (Å²) in [5.41, 5.74) is 6.86. The van der Waals surface area contributed by atoms with E-state index in [1.54, 1.807) is 23.1 Å². The first kappa shape index (κ1) is 44.9. The summed E-state index contributed by atoms with van der Waals surface area (Å²) in [6.45, 7) is 11.8. The molecule has 0 saturated carbocycles. The van der Waals surface area contributed by atoms with E-state index >= 15 is 0 Å². The number of allylic oxidation sites excluding steroid dienone is 1. The zero-order valence-corrected chi connectivity index (χ0v) is 38.9. The van der Waals surface area contributed by atoms with E-state index in [2.05, 4.69) is 60.5 Å². The van der Waals surface area contributed by atoms with E-state index in [4.69, 9.17) is 25.8 Å². The van der Waals surface area contributed by atoms with Gasteiger partial charge in [-0.25, -0.2) is 23.1 Å². The minimum Gasteiger partial charge on any atom is -0.484 e. The molecule has 350 valence electrons. The normalized spacial score (nSPS) is 19.7. The lowest BCUT2D eigenvalue weighted by Crippen LogP contribution is -2.56. The van der Waals surface area contributed by atoms with Crippen LogP contribution < -0.4 is 14.4 Å². The number of piperazine rings is 1. The molecule has 2 N–H and O–H groups in total. The van der Waals surface area contributed by atoms with E-state index in [1.807, 2.05) is 36.4 Å². The number of anilines is 1. The van der Waals surface area contributed by atoms with E-state index < -0.39 is 31.4 Å². The fraction of sp³-hybridized carbons (Fsp3) is 0.396. The van der Waals surface area contributed by atoms with Crippen LogP contribution in [0.4, 0.5) is 11.4 Å². The van der Waals surface area contributed by atoms with Crippen molar-refractivity contribution < 1.29 is 32.3 Å². The largest absolute Gasteiger partial charge is 0.484 e. The van der Waals surface area contributed by atoms with Crippen LogP contribution in [0.5, 0.6) is 5.75 Å². The molecule has 4 aliphatic rings. The first-order valence-corrected chi connectivity index (χ1v) is 24.4. The van der Waals surface area contributed by atoms with Crippen molar-refractivity contribution in [3.63, 3.8) is 0 Å². The van der Waals surface area contributed by atoms with Crippen molar-refractivity contribution in [3.05, 3.63) is 117 Å². The first-order valence-electron chi connectivity index (χ1n) is 22.6. The molecular formula is C48H52ClN9O8S. The second kappa shape index (κ2) is 18.3. The van der Waals surface area contributed by atoms with Gasteiger partial charge in [-0.3, -0.25) is 34.5 Å². The number of carbonyl (C=O) groups is 1. The summed E-state index contributed by atoms with van der Waals surface area (Å²) >= 11 is 6.26. The fourth-order valence-electron chi connectivity index (χ4n) is 9.56. The van der Waals surface area contributed by atoms with Gasteiger partial charge in [-0.05, 0) is 90.4 Å². The Morgan fingerprint density at radius 2 is 1.84 bits per heavy atom. The minimum absolute atomic E-state index is 0.0273. The number of nitro benzene ring substituents is 1. The second-order valence-electron chi connectivity index (χ2n) is 18.6. The molecule has 1 atom stereocenters. The summed E-state index contributed by atoms with van der Waals surface area (Å²) in [4.78, 5) is 41.4. The number of pyridine rings is 1. The summed E-state index contributed by atoms with van der Waals surface area (Å²) in [6.07, 6.45) is 6.22. The number of morpholine rings is 1. The summed E-state index contributed by atoms with van der Waals surface area (Å²) in [6, 6.07) is 20.9. The molecule has 0 unspecified atom stereocenters. The number of carbonyl (C=O) groups excluding carboxylic acids is 1. The Hall–Kier alpha value is -5.89. The highest BCUT2D eigenvalue weighted by Gasteiger charge is 2.33. The number of sulfonamides is 1. The van der Waals surface area contributed by atoms with Gasteiger partial charge in [-0.15, -0.1) is 0 Å². The van der Waals surface area contributed by atoms with Crippen LogP contribution in [0.15, 0.2) is 95.7 Å². The molecule has 6 heterocycles. The quantitative estimate of drug-likeness (QED) is 0.0905. The maximum absolute atomic E-state index is 14.3. The van der Waals surface area contributed by atoms with E-state index in [1.165, 1.54) is 28.8 Å². The predicted octanol–water partition coefficient (Wildman–Crippen LogP) is 6.85. The molecule has 6 aromatic rings. The molecule has 3 aliphatic heterocycles. The van der Waals surface area contributed by atoms with Crippen LogP contribution in [-0.4, -0.2) is 133 Å². The lowest BCUT2D eigenvalue weighted by Gasteiger charge is -2.41. The predicted molar refractivity (Wildman–Crippen MR) is 255 cm³/mol. The molecule has 3 aromatic heterocycles. The lowest BCUT2D eigenvalue weighted by atomic mass is 9.72. The maximum Gasteiger partial charge on any atom is 0.312 e. The molecule has 67 heavy (non-hydrogen) atoms. The van der Waals surface area contributed by atoms with Gasteiger partial charge in [-0.1, -0.05) is 43.2 Å². The number of rotatable bonds is 13. The van der Waals surface area contributed by atoms with Crippen LogP contribution in [0.1, 0.15) is 49.0 Å². The average Bonchev–Trinajstić information content (AvgIpc) is 3.94. The van der Waals surface area contributed by atoms with Gasteiger partial charge >= 0.3 is 5.69 Å². The monoisotopic (exact) mass is 949 g/mol. The highest BCUT2D eigenvalue weighted by molar-refractivity contribution is 7.90. The molecule has 0 bridgehead atoms. The molecule has 19 heteroatoms. The number of nitrogens with one attached hydrogen (secondary N) is 2. The Kier molecular flexibility index (Phi) is 12.3. The molecule has 1 aliphatic carbocycles. The number of halogens is 1. The van der Waals surface area contributed by atoms with Gasteiger partial charge in [0, 0.05) is 80.4 Å². The average molecular weight is 951 g/mol. The maximum atomic E-state index is 14.3. The third kappa shape index (κ3) is 9.51. The standard InChI is InChI=1S/C48H52ClN9O8S/c1-48(2)13-11-33(40(24-48)31-3-5-34(49)6-4-31)26-54-15-17-55(18-16-54)35-7-9-39(42(22-35)57-43-21-32-12-14-50-46(32)52-41(43)25-51-57)47(59)53-67(62,63)38-8-10-45(44(23-38)58(60)61)66-30-37-27-56(19-20-65-37)36-28-64-29-36/h3-10,12,14,21-23,25,36-37,51H,11,13,15-20,24,26-30H2,1-2H3,(H,53,59)/t37-/m1/s1. The Morgan fingerprint density at radius 1 is 1.03 bits per heavy atom. The summed E-state index contributed by atoms with van der Waals surface area (Å²) < 4.78 is 48.7. The first-order chi connectivity index (χ1) is 32.3. The molecule has 3 fully saturated rings. The van der Waals surface area contributed by atoms with Crippen LogP contribution >= 0.6 is 11.6 Å². The number of hydrogen-bond acceptors (Lipinski definition) is 13. The minimum atomic E-state index is -4.63. The summed E-state index contributed by atoms with van der Waals surface area (Å²) in [7, 11) is -4.63. The number of nitrogens with zero attached hydrogens (tertiary/aromatic N) is 7. The Balaban J connectivity index is 0.889. The van der Waals surface area contributed by atoms with Gasteiger partial charge in [0.2, 0.25) is 0 Å². The number of ether oxygens (including phenoxy) is 3. The SMILES string of the molecule is CC1(C)CCC(CN2CCN(c3ccc(C(=O)NS(=O)(=O)c4ccc(OC[C@H]5CN(C6COC6)CCO5)c([N+](=O)[O-])c4)c(-n4[nH]cc5nc6nccc6cc54)c3)CC2)=C(c2ccc(Cl)cc2)C1. The van der Waals surface area contributed by atoms with Crippen LogP contribution in [-0.2, 0) is 19.5 Å². The number of fused-ring (bicyclic) bond motifs is 2. The number of amides is 1. The zero-order chi connectivity index (χ0) is 46.5. The van der Waals surface area contributed by atoms with Crippen molar-refractivity contribution in [1.29, 1.82) is 0 Å². The number of hydrogen-bond donors (Lipinski definition) is 2. The topological polar surface area (TPSA) is 190 Å². The summed E-state index contributed by atoms with van der Waals surface area (Å²) in [5.74, 6) is -1.04. The van der Waals surface area contributed by atoms with E-state index in [-0.39, 0.29) is 29.4 Å². The van der Waals surface area contributed by atoms with Crippen molar-refractivity contribution in [2.24, 2.45) is 5.41 Å². The van der Waals surface area contributed by atoms with Crippen molar-refractivity contribution in [3.8, 4) is 11.4 Å². The molecule has 3 aromatic carbocycles. The molecule has 0 spiro atoms. The smallest absolute Gasteiger partial charge is 0.312 e. The van der Waals surface area contributed by atoms with Crippen molar-refractivity contribution >= 4 is 66.5 Å². The molecule has 0 radical (unpaired) electrons. The Bertz CT molecular complexity index is 3000. The van der Waals surface area contributed by atoms with Gasteiger partial charge in [0.25, 0.3) is 15.9 Å². The number of aromatic amines is 1. The third-order valence-corrected chi connectivity index (χ3v) is 15.0. The van der Waals surface area contributed by atoms with Crippen LogP contribution in [0.3, 0.4) is 0 Å². The molecule has 17 nitrogen and oxygen atoms in total. The second-order valence-corrected chi connectivity index (χ2v) is 20.7. The molecule has 3 saturated heterocycles. The van der Waals surface area contributed by atoms with Crippen LogP contribution in [0.25, 0.3) is 33.3 Å². The van der Waals surface area contributed by atoms with Crippen molar-refractivity contribution in [2.45, 2.75) is 50.2 Å². The van der Waals surface area contributed by atoms with Gasteiger partial charge in [-0.2, -0.15) is 0 Å². The lowest BCUT2D eigenvalue weighted by molar-refractivity contribution is -0.386. The third-order valence-electron chi connectivity index (χ3n) is 13.5. The Morgan fingerprint density at radius 3 is 2.60 bits per heavy atom. The number of aromatic nitrogens is 4. The fourth-order valence-corrected chi connectivity index (χ4v) is 10.7. The van der Waals surface area contributed by atoms with Crippen molar-refractivity contribution in [2.75, 3.05) is 77.1 Å². The molecule has 10 rings (SSSR count). The molecule has 1 amide bonds. The van der Waals surface area contributed by atoms with Crippen LogP contribution in [0, 0.1) is 15.5 Å². The van der Waals surface area contributed by atoms with Crippen LogP contribution in [0.2, 0.25) is 5.02 Å². The summed E-state index contributed by atoms with van der Waals surface area (Å²) in [5, 5.41) is 17.0. The van der Waals surface area contributed by atoms with E-state index in [0.29, 0.717) is 54.8 Å². The van der Waals surface area contributed by atoms with Crippen molar-refractivity contribution in [1.82, 2.24) is 34.3 Å². The Labute approximate surface area is 392 Å². The number of nitro groups is 1. The van der Waals surface area contributed by atoms with Gasteiger partial charge in [0.1, 0.15) is 18.2 Å². The van der Waals surface area contributed by atoms with E-state index in [0.717, 1.165) is 80.7 Å². The zero-order valence-electron chi connectivity index (χ0n) is 37.3. The molecular weight excluding hydrogens is 898 g/mol. The highest BCUT2D eigenvalue weighted by atomic mass is 35.5.